The first-order valence-electron chi connectivity index (χ1n) is 10.4. The Morgan fingerprint density at radius 2 is 1.94 bits per heavy atom. The van der Waals surface area contributed by atoms with E-state index >= 15 is 0 Å². The normalized spacial score (nSPS) is 19.2. The van der Waals surface area contributed by atoms with Gasteiger partial charge in [0.05, 0.1) is 25.5 Å². The molecule has 31 heavy (non-hydrogen) atoms. The third-order valence-corrected chi connectivity index (χ3v) is 5.62. The van der Waals surface area contributed by atoms with Crippen LogP contribution >= 0.6 is 0 Å². The fourth-order valence-electron chi connectivity index (χ4n) is 4.21. The summed E-state index contributed by atoms with van der Waals surface area (Å²) in [5.41, 5.74) is 3.65. The van der Waals surface area contributed by atoms with Gasteiger partial charge >= 0.3 is 0 Å². The zero-order chi connectivity index (χ0) is 21.4. The quantitative estimate of drug-likeness (QED) is 0.551. The van der Waals surface area contributed by atoms with Crippen molar-refractivity contribution in [3.05, 3.63) is 89.2 Å². The van der Waals surface area contributed by atoms with E-state index in [0.717, 1.165) is 22.6 Å². The predicted molar refractivity (Wildman–Crippen MR) is 116 cm³/mol. The number of para-hydroxylation sites is 1. The van der Waals surface area contributed by atoms with Gasteiger partial charge in [0.2, 0.25) is 6.23 Å². The van der Waals surface area contributed by atoms with Crippen LogP contribution in [0.4, 0.5) is 4.39 Å². The maximum atomic E-state index is 14.0. The standard InChI is InChI=1S/C25H23FN2O3/c1-3-30-23-12-6-11-20-22-15-21(16-7-5-10-19(14-16)29-2)27-28(22)25(31-24(20)23)17-8-4-9-18(26)13-17/h4-14,22,25H,3,15H2,1-2H3/t22-,25-/m0/s1. The molecule has 6 heteroatoms. The van der Waals surface area contributed by atoms with Crippen molar-refractivity contribution in [2.45, 2.75) is 25.6 Å². The van der Waals surface area contributed by atoms with Gasteiger partial charge in [-0.2, -0.15) is 5.10 Å². The lowest BCUT2D eigenvalue weighted by Gasteiger charge is -2.38. The lowest BCUT2D eigenvalue weighted by atomic mass is 9.95. The summed E-state index contributed by atoms with van der Waals surface area (Å²) in [5, 5.41) is 6.86. The number of nitrogens with zero attached hydrogens (tertiary/aromatic N) is 2. The van der Waals surface area contributed by atoms with Crippen molar-refractivity contribution in [1.82, 2.24) is 5.01 Å². The molecule has 3 aromatic rings. The van der Waals surface area contributed by atoms with Gasteiger partial charge < -0.3 is 14.2 Å². The molecule has 0 N–H and O–H groups in total. The maximum Gasteiger partial charge on any atom is 0.214 e. The van der Waals surface area contributed by atoms with Crippen LogP contribution in [0.1, 0.15) is 42.3 Å². The van der Waals surface area contributed by atoms with Gasteiger partial charge in [-0.05, 0) is 37.3 Å². The van der Waals surface area contributed by atoms with Gasteiger partial charge in [-0.1, -0.05) is 36.4 Å². The van der Waals surface area contributed by atoms with E-state index in [1.165, 1.54) is 12.1 Å². The van der Waals surface area contributed by atoms with Crippen LogP contribution in [0.15, 0.2) is 71.8 Å². The van der Waals surface area contributed by atoms with E-state index in [1.54, 1.807) is 13.2 Å². The molecule has 0 unspecified atom stereocenters. The number of halogens is 1. The second-order valence-electron chi connectivity index (χ2n) is 7.51. The number of hydrazone groups is 1. The molecular weight excluding hydrogens is 395 g/mol. The highest BCUT2D eigenvalue weighted by molar-refractivity contribution is 6.02. The Morgan fingerprint density at radius 1 is 1.10 bits per heavy atom. The minimum absolute atomic E-state index is 0.0429. The van der Waals surface area contributed by atoms with Crippen molar-refractivity contribution < 1.29 is 18.6 Å². The second-order valence-corrected chi connectivity index (χ2v) is 7.51. The summed E-state index contributed by atoms with van der Waals surface area (Å²) in [6.07, 6.45) is 0.142. The van der Waals surface area contributed by atoms with Crippen molar-refractivity contribution in [3.63, 3.8) is 0 Å². The fraction of sp³-hybridized carbons (Fsp3) is 0.240. The molecule has 5 nitrogen and oxygen atoms in total. The highest BCUT2D eigenvalue weighted by Crippen LogP contribution is 2.50. The molecule has 2 aliphatic heterocycles. The Kier molecular flexibility index (Phi) is 4.98. The first kappa shape index (κ1) is 19.4. The van der Waals surface area contributed by atoms with E-state index in [4.69, 9.17) is 19.3 Å². The molecule has 0 aliphatic carbocycles. The van der Waals surface area contributed by atoms with Crippen LogP contribution in [-0.4, -0.2) is 24.4 Å². The minimum Gasteiger partial charge on any atom is -0.497 e. The topological polar surface area (TPSA) is 43.3 Å². The van der Waals surface area contributed by atoms with Crippen molar-refractivity contribution >= 4 is 5.71 Å². The van der Waals surface area contributed by atoms with Crippen LogP contribution in [0, 0.1) is 5.82 Å². The van der Waals surface area contributed by atoms with Gasteiger partial charge in [0.15, 0.2) is 11.5 Å². The molecule has 158 valence electrons. The lowest BCUT2D eigenvalue weighted by Crippen LogP contribution is -2.34. The summed E-state index contributed by atoms with van der Waals surface area (Å²) in [5.74, 6) is 1.86. The van der Waals surface area contributed by atoms with Crippen molar-refractivity contribution in [2.24, 2.45) is 5.10 Å². The summed E-state index contributed by atoms with van der Waals surface area (Å²) in [4.78, 5) is 0. The van der Waals surface area contributed by atoms with Crippen LogP contribution in [0.25, 0.3) is 0 Å². The van der Waals surface area contributed by atoms with E-state index in [-0.39, 0.29) is 11.9 Å². The molecule has 0 fully saturated rings. The third kappa shape index (κ3) is 3.48. The average Bonchev–Trinajstić information content (AvgIpc) is 3.25. The highest BCUT2D eigenvalue weighted by atomic mass is 19.1. The molecular formula is C25H23FN2O3. The molecule has 0 bridgehead atoms. The molecule has 0 radical (unpaired) electrons. The largest absolute Gasteiger partial charge is 0.497 e. The number of hydrogen-bond acceptors (Lipinski definition) is 5. The number of fused-ring (bicyclic) bond motifs is 3. The summed E-state index contributed by atoms with van der Waals surface area (Å²) >= 11 is 0. The Morgan fingerprint density at radius 3 is 2.74 bits per heavy atom. The van der Waals surface area contributed by atoms with Crippen molar-refractivity contribution in [2.75, 3.05) is 13.7 Å². The molecule has 0 saturated carbocycles. The first-order chi connectivity index (χ1) is 15.2. The number of benzene rings is 3. The zero-order valence-corrected chi connectivity index (χ0v) is 17.4. The molecule has 5 rings (SSSR count). The van der Waals surface area contributed by atoms with Gasteiger partial charge in [-0.3, -0.25) is 0 Å². The molecule has 0 amide bonds. The lowest BCUT2D eigenvalue weighted by molar-refractivity contribution is -0.0214. The molecule has 3 aromatic carbocycles. The Hall–Kier alpha value is -3.54. The molecule has 0 saturated heterocycles. The average molecular weight is 418 g/mol. The maximum absolute atomic E-state index is 14.0. The second kappa shape index (κ2) is 7.95. The van der Waals surface area contributed by atoms with Crippen LogP contribution in [0.5, 0.6) is 17.2 Å². The van der Waals surface area contributed by atoms with Crippen LogP contribution in [0.2, 0.25) is 0 Å². The third-order valence-electron chi connectivity index (χ3n) is 5.62. The monoisotopic (exact) mass is 418 g/mol. The van der Waals surface area contributed by atoms with E-state index in [9.17, 15) is 4.39 Å². The van der Waals surface area contributed by atoms with Crippen LogP contribution in [-0.2, 0) is 0 Å². The van der Waals surface area contributed by atoms with Gasteiger partial charge in [0.1, 0.15) is 11.6 Å². The van der Waals surface area contributed by atoms with Crippen LogP contribution < -0.4 is 14.2 Å². The van der Waals surface area contributed by atoms with Crippen LogP contribution in [0.3, 0.4) is 0 Å². The number of hydrogen-bond donors (Lipinski definition) is 0. The fourth-order valence-corrected chi connectivity index (χ4v) is 4.21. The predicted octanol–water partition coefficient (Wildman–Crippen LogP) is 5.48. The van der Waals surface area contributed by atoms with Gasteiger partial charge in [-0.15, -0.1) is 0 Å². The van der Waals surface area contributed by atoms with E-state index < -0.39 is 6.23 Å². The number of methoxy groups -OCH3 is 1. The summed E-state index contributed by atoms with van der Waals surface area (Å²) in [7, 11) is 1.65. The van der Waals surface area contributed by atoms with E-state index in [0.29, 0.717) is 30.1 Å². The van der Waals surface area contributed by atoms with E-state index in [1.807, 2.05) is 60.5 Å². The summed E-state index contributed by atoms with van der Waals surface area (Å²) in [6.45, 7) is 2.47. The molecule has 2 heterocycles. The minimum atomic E-state index is -0.557. The van der Waals surface area contributed by atoms with Gasteiger partial charge in [0, 0.05) is 23.1 Å². The molecule has 0 spiro atoms. The van der Waals surface area contributed by atoms with Gasteiger partial charge in [-0.25, -0.2) is 9.40 Å². The Bertz CT molecular complexity index is 1150. The first-order valence-corrected chi connectivity index (χ1v) is 10.4. The number of ether oxygens (including phenoxy) is 3. The summed E-state index contributed by atoms with van der Waals surface area (Å²) in [6, 6.07) is 20.2. The molecule has 0 aromatic heterocycles. The zero-order valence-electron chi connectivity index (χ0n) is 17.4. The Labute approximate surface area is 180 Å². The SMILES string of the molecule is CCOc1cccc2c1O[C@@H](c1cccc(F)c1)N1N=C(c3cccc(OC)c3)C[C@@H]21. The molecule has 2 atom stereocenters. The van der Waals surface area contributed by atoms with E-state index in [2.05, 4.69) is 0 Å². The Balaban J connectivity index is 1.61. The highest BCUT2D eigenvalue weighted by Gasteiger charge is 2.42. The van der Waals surface area contributed by atoms with Gasteiger partial charge in [0.25, 0.3) is 0 Å². The van der Waals surface area contributed by atoms with Crippen molar-refractivity contribution in [1.29, 1.82) is 0 Å². The number of rotatable bonds is 5. The van der Waals surface area contributed by atoms with Crippen molar-refractivity contribution in [3.8, 4) is 17.2 Å². The summed E-state index contributed by atoms with van der Waals surface area (Å²) < 4.78 is 31.7. The smallest absolute Gasteiger partial charge is 0.214 e. The molecule has 2 aliphatic rings.